The van der Waals surface area contributed by atoms with Crippen molar-refractivity contribution in [3.05, 3.63) is 29.6 Å². The fraction of sp³-hybridized carbons (Fsp3) is 0.571. The summed E-state index contributed by atoms with van der Waals surface area (Å²) in [5, 5.41) is 0. The van der Waals surface area contributed by atoms with E-state index in [1.54, 1.807) is 6.07 Å². The van der Waals surface area contributed by atoms with Crippen LogP contribution >= 0.6 is 0 Å². The Morgan fingerprint density at radius 2 is 2.17 bits per heavy atom. The van der Waals surface area contributed by atoms with E-state index < -0.39 is 0 Å². The third-order valence-electron chi connectivity index (χ3n) is 3.25. The second-order valence-corrected chi connectivity index (χ2v) is 5.49. The first-order chi connectivity index (χ1) is 8.41. The van der Waals surface area contributed by atoms with Crippen LogP contribution in [0.15, 0.2) is 18.2 Å². The molecule has 1 atom stereocenters. The van der Waals surface area contributed by atoms with Crippen molar-refractivity contribution < 1.29 is 9.13 Å². The van der Waals surface area contributed by atoms with Gasteiger partial charge in [-0.1, -0.05) is 6.07 Å². The van der Waals surface area contributed by atoms with Crippen molar-refractivity contribution in [3.63, 3.8) is 0 Å². The van der Waals surface area contributed by atoms with Crippen LogP contribution in [0.4, 0.5) is 10.1 Å². The van der Waals surface area contributed by atoms with Gasteiger partial charge in [0.25, 0.3) is 0 Å². The lowest BCUT2D eigenvalue weighted by atomic mass is 10.0. The monoisotopic (exact) mass is 252 g/mol. The molecule has 0 bridgehead atoms. The minimum absolute atomic E-state index is 0.209. The van der Waals surface area contributed by atoms with Gasteiger partial charge < -0.3 is 15.4 Å². The quantitative estimate of drug-likeness (QED) is 0.878. The van der Waals surface area contributed by atoms with Gasteiger partial charge in [0.1, 0.15) is 5.82 Å². The van der Waals surface area contributed by atoms with Crippen LogP contribution in [0.3, 0.4) is 0 Å². The molecule has 1 heterocycles. The Hall–Kier alpha value is -1.13. The van der Waals surface area contributed by atoms with Gasteiger partial charge >= 0.3 is 0 Å². The first kappa shape index (κ1) is 13.3. The lowest BCUT2D eigenvalue weighted by Gasteiger charge is -2.40. The Morgan fingerprint density at radius 1 is 1.44 bits per heavy atom. The number of morpholine rings is 1. The van der Waals surface area contributed by atoms with Crippen molar-refractivity contribution in [2.24, 2.45) is 5.73 Å². The van der Waals surface area contributed by atoms with Crippen molar-refractivity contribution in [2.45, 2.75) is 32.4 Å². The maximum absolute atomic E-state index is 13.9. The zero-order chi connectivity index (χ0) is 13.3. The zero-order valence-corrected chi connectivity index (χ0v) is 11.2. The van der Waals surface area contributed by atoms with Gasteiger partial charge in [0.2, 0.25) is 0 Å². The molecule has 1 aliphatic heterocycles. The summed E-state index contributed by atoms with van der Waals surface area (Å²) in [6.45, 7) is 8.08. The first-order valence-corrected chi connectivity index (χ1v) is 6.33. The normalized spacial score (nSPS) is 20.8. The second kappa shape index (κ2) is 4.86. The van der Waals surface area contributed by atoms with Gasteiger partial charge in [0.15, 0.2) is 0 Å². The highest BCUT2D eigenvalue weighted by molar-refractivity contribution is 5.56. The molecule has 0 amide bonds. The van der Waals surface area contributed by atoms with E-state index in [1.165, 1.54) is 6.07 Å². The predicted octanol–water partition coefficient (Wildman–Crippen LogP) is 2.46. The summed E-state index contributed by atoms with van der Waals surface area (Å²) in [5.74, 6) is -0.230. The van der Waals surface area contributed by atoms with Crippen LogP contribution in [0.25, 0.3) is 0 Å². The van der Waals surface area contributed by atoms with E-state index in [4.69, 9.17) is 10.5 Å². The standard InChI is InChI=1S/C14H21FN2O/c1-10(16)13-11(15)5-4-6-12(13)17-7-8-18-14(2,3)9-17/h4-6,10H,7-9,16H2,1-3H3. The number of nitrogens with two attached hydrogens (primary N) is 1. The maximum Gasteiger partial charge on any atom is 0.130 e. The molecule has 0 radical (unpaired) electrons. The lowest BCUT2D eigenvalue weighted by molar-refractivity contribution is -0.0277. The van der Waals surface area contributed by atoms with Gasteiger partial charge in [-0.15, -0.1) is 0 Å². The van der Waals surface area contributed by atoms with E-state index >= 15 is 0 Å². The summed E-state index contributed by atoms with van der Waals surface area (Å²) in [6, 6.07) is 4.82. The van der Waals surface area contributed by atoms with E-state index in [2.05, 4.69) is 4.90 Å². The van der Waals surface area contributed by atoms with E-state index in [0.717, 1.165) is 18.8 Å². The summed E-state index contributed by atoms with van der Waals surface area (Å²) in [7, 11) is 0. The smallest absolute Gasteiger partial charge is 0.130 e. The van der Waals surface area contributed by atoms with Gasteiger partial charge in [0, 0.05) is 30.4 Å². The molecular formula is C14H21FN2O. The summed E-state index contributed by atoms with van der Waals surface area (Å²) in [4.78, 5) is 2.16. The number of hydrogen-bond acceptors (Lipinski definition) is 3. The number of anilines is 1. The predicted molar refractivity (Wildman–Crippen MR) is 71.2 cm³/mol. The van der Waals surface area contributed by atoms with Crippen molar-refractivity contribution in [2.75, 3.05) is 24.6 Å². The van der Waals surface area contributed by atoms with Crippen LogP contribution in [-0.4, -0.2) is 25.3 Å². The van der Waals surface area contributed by atoms with Gasteiger partial charge in [0.05, 0.1) is 12.2 Å². The van der Waals surface area contributed by atoms with Crippen molar-refractivity contribution in [3.8, 4) is 0 Å². The number of ether oxygens (including phenoxy) is 1. The fourth-order valence-corrected chi connectivity index (χ4v) is 2.47. The van der Waals surface area contributed by atoms with Gasteiger partial charge in [-0.25, -0.2) is 4.39 Å². The summed E-state index contributed by atoms with van der Waals surface area (Å²) in [6.07, 6.45) is 0. The lowest BCUT2D eigenvalue weighted by Crippen LogP contribution is -2.48. The fourth-order valence-electron chi connectivity index (χ4n) is 2.47. The molecule has 4 heteroatoms. The Bertz CT molecular complexity index is 432. The van der Waals surface area contributed by atoms with Crippen LogP contribution in [0, 0.1) is 5.82 Å². The third kappa shape index (κ3) is 2.65. The van der Waals surface area contributed by atoms with E-state index in [-0.39, 0.29) is 17.5 Å². The topological polar surface area (TPSA) is 38.5 Å². The highest BCUT2D eigenvalue weighted by Crippen LogP contribution is 2.30. The van der Waals surface area contributed by atoms with Gasteiger partial charge in [-0.2, -0.15) is 0 Å². The maximum atomic E-state index is 13.9. The molecule has 1 fully saturated rings. The summed E-state index contributed by atoms with van der Waals surface area (Å²) >= 11 is 0. The summed E-state index contributed by atoms with van der Waals surface area (Å²) in [5.41, 5.74) is 7.17. The van der Waals surface area contributed by atoms with Crippen molar-refractivity contribution >= 4 is 5.69 Å². The van der Waals surface area contributed by atoms with E-state index in [1.807, 2.05) is 26.8 Å². The molecule has 1 aliphatic rings. The van der Waals surface area contributed by atoms with Gasteiger partial charge in [-0.3, -0.25) is 0 Å². The second-order valence-electron chi connectivity index (χ2n) is 5.49. The van der Waals surface area contributed by atoms with Crippen molar-refractivity contribution in [1.82, 2.24) is 0 Å². The first-order valence-electron chi connectivity index (χ1n) is 6.33. The number of halogens is 1. The Morgan fingerprint density at radius 3 is 2.78 bits per heavy atom. The Kier molecular flexibility index (Phi) is 3.59. The Labute approximate surface area is 108 Å². The molecule has 1 unspecified atom stereocenters. The number of benzene rings is 1. The van der Waals surface area contributed by atoms with Crippen molar-refractivity contribution in [1.29, 1.82) is 0 Å². The minimum Gasteiger partial charge on any atom is -0.372 e. The SMILES string of the molecule is CC(N)c1c(F)cccc1N1CCOC(C)(C)C1. The zero-order valence-electron chi connectivity index (χ0n) is 11.2. The average molecular weight is 252 g/mol. The van der Waals surface area contributed by atoms with Crippen LogP contribution in [0.1, 0.15) is 32.4 Å². The van der Waals surface area contributed by atoms with Crippen LogP contribution in [0.2, 0.25) is 0 Å². The molecule has 3 nitrogen and oxygen atoms in total. The Balaban J connectivity index is 2.36. The molecule has 0 aromatic heterocycles. The number of nitrogens with zero attached hydrogens (tertiary/aromatic N) is 1. The molecule has 1 aromatic carbocycles. The number of rotatable bonds is 2. The molecule has 2 N–H and O–H groups in total. The largest absolute Gasteiger partial charge is 0.372 e. The highest BCUT2D eigenvalue weighted by Gasteiger charge is 2.29. The molecule has 1 saturated heterocycles. The molecule has 1 aromatic rings. The molecule has 0 spiro atoms. The van der Waals surface area contributed by atoms with Crippen LogP contribution in [-0.2, 0) is 4.74 Å². The molecule has 100 valence electrons. The molecule has 0 aliphatic carbocycles. The molecular weight excluding hydrogens is 231 g/mol. The molecule has 0 saturated carbocycles. The molecule has 2 rings (SSSR count). The molecule has 18 heavy (non-hydrogen) atoms. The number of hydrogen-bond donors (Lipinski definition) is 1. The van der Waals surface area contributed by atoms with E-state index in [9.17, 15) is 4.39 Å². The van der Waals surface area contributed by atoms with Crippen LogP contribution < -0.4 is 10.6 Å². The highest BCUT2D eigenvalue weighted by atomic mass is 19.1. The minimum atomic E-state index is -0.313. The third-order valence-corrected chi connectivity index (χ3v) is 3.25. The van der Waals surface area contributed by atoms with E-state index in [0.29, 0.717) is 12.2 Å². The van der Waals surface area contributed by atoms with Gasteiger partial charge in [-0.05, 0) is 32.9 Å². The summed E-state index contributed by atoms with van der Waals surface area (Å²) < 4.78 is 19.6. The van der Waals surface area contributed by atoms with Crippen LogP contribution in [0.5, 0.6) is 0 Å². The average Bonchev–Trinajstić information content (AvgIpc) is 2.26.